The molecule has 1 aromatic heterocycles. The first kappa shape index (κ1) is 16.4. The standard InChI is InChI=1S/C12H20N4O3S/c1-4-7-13-11-6-5-10(15-16-11)12(17)14-9(2)8-20(3,18)19/h5-6,9H,4,7-8H2,1-3H3,(H,13,16)(H,14,17). The van der Waals surface area contributed by atoms with Gasteiger partial charge in [0, 0.05) is 18.8 Å². The summed E-state index contributed by atoms with van der Waals surface area (Å²) >= 11 is 0. The van der Waals surface area contributed by atoms with Gasteiger partial charge >= 0.3 is 0 Å². The van der Waals surface area contributed by atoms with Gasteiger partial charge in [0.2, 0.25) is 0 Å². The van der Waals surface area contributed by atoms with Gasteiger partial charge in [0.15, 0.2) is 5.69 Å². The molecule has 112 valence electrons. The number of nitrogens with one attached hydrogen (secondary N) is 2. The predicted molar refractivity (Wildman–Crippen MR) is 77.5 cm³/mol. The highest BCUT2D eigenvalue weighted by Gasteiger charge is 2.15. The van der Waals surface area contributed by atoms with Gasteiger partial charge in [-0.2, -0.15) is 0 Å². The molecule has 0 aromatic carbocycles. The first-order valence-electron chi connectivity index (χ1n) is 6.38. The van der Waals surface area contributed by atoms with E-state index in [4.69, 9.17) is 0 Å². The number of hydrogen-bond donors (Lipinski definition) is 2. The van der Waals surface area contributed by atoms with E-state index in [1.165, 1.54) is 0 Å². The smallest absolute Gasteiger partial charge is 0.272 e. The van der Waals surface area contributed by atoms with Crippen LogP contribution in [0.15, 0.2) is 12.1 Å². The van der Waals surface area contributed by atoms with Crippen LogP contribution in [0.25, 0.3) is 0 Å². The first-order chi connectivity index (χ1) is 9.31. The molecule has 8 heteroatoms. The SMILES string of the molecule is CCCNc1ccc(C(=O)NC(C)CS(C)(=O)=O)nn1. The highest BCUT2D eigenvalue weighted by Crippen LogP contribution is 2.02. The largest absolute Gasteiger partial charge is 0.369 e. The zero-order chi connectivity index (χ0) is 15.2. The van der Waals surface area contributed by atoms with Crippen molar-refractivity contribution >= 4 is 21.6 Å². The minimum absolute atomic E-state index is 0.109. The molecular formula is C12H20N4O3S. The number of aromatic nitrogens is 2. The molecule has 0 aliphatic carbocycles. The monoisotopic (exact) mass is 300 g/mol. The molecule has 1 amide bonds. The fraction of sp³-hybridized carbons (Fsp3) is 0.583. The maximum atomic E-state index is 11.8. The second-order valence-electron chi connectivity index (χ2n) is 4.70. The number of hydrogen-bond acceptors (Lipinski definition) is 6. The molecule has 1 aromatic rings. The van der Waals surface area contributed by atoms with Crippen molar-refractivity contribution in [1.29, 1.82) is 0 Å². The van der Waals surface area contributed by atoms with Gasteiger partial charge in [-0.3, -0.25) is 4.79 Å². The van der Waals surface area contributed by atoms with Crippen molar-refractivity contribution < 1.29 is 13.2 Å². The van der Waals surface area contributed by atoms with Crippen molar-refractivity contribution in [2.24, 2.45) is 0 Å². The van der Waals surface area contributed by atoms with Crippen molar-refractivity contribution in [2.45, 2.75) is 26.3 Å². The van der Waals surface area contributed by atoms with Gasteiger partial charge in [0.05, 0.1) is 5.75 Å². The lowest BCUT2D eigenvalue weighted by Crippen LogP contribution is -2.37. The Kier molecular flexibility index (Phi) is 5.87. The topological polar surface area (TPSA) is 101 Å². The summed E-state index contributed by atoms with van der Waals surface area (Å²) < 4.78 is 22.2. The number of sulfone groups is 1. The molecule has 20 heavy (non-hydrogen) atoms. The van der Waals surface area contributed by atoms with Crippen LogP contribution in [0.2, 0.25) is 0 Å². The number of nitrogens with zero attached hydrogens (tertiary/aromatic N) is 2. The molecule has 0 aliphatic rings. The summed E-state index contributed by atoms with van der Waals surface area (Å²) in [6.07, 6.45) is 2.09. The molecule has 7 nitrogen and oxygen atoms in total. The van der Waals surface area contributed by atoms with E-state index in [0.717, 1.165) is 19.2 Å². The molecule has 0 bridgehead atoms. The third kappa shape index (κ3) is 5.96. The zero-order valence-electron chi connectivity index (χ0n) is 11.9. The van der Waals surface area contributed by atoms with Gasteiger partial charge in [0.1, 0.15) is 15.7 Å². The highest BCUT2D eigenvalue weighted by molar-refractivity contribution is 7.90. The van der Waals surface area contributed by atoms with Crippen LogP contribution in [0.4, 0.5) is 5.82 Å². The van der Waals surface area contributed by atoms with Gasteiger partial charge in [0.25, 0.3) is 5.91 Å². The van der Waals surface area contributed by atoms with E-state index in [-0.39, 0.29) is 11.4 Å². The Labute approximate surface area is 119 Å². The summed E-state index contributed by atoms with van der Waals surface area (Å²) in [6.45, 7) is 4.45. The maximum Gasteiger partial charge on any atom is 0.272 e. The summed E-state index contributed by atoms with van der Waals surface area (Å²) in [5.74, 6) is 0.0609. The van der Waals surface area contributed by atoms with Gasteiger partial charge < -0.3 is 10.6 Å². The number of amides is 1. The predicted octanol–water partition coefficient (Wildman–Crippen LogP) is 0.461. The first-order valence-corrected chi connectivity index (χ1v) is 8.44. The van der Waals surface area contributed by atoms with Crippen LogP contribution in [-0.4, -0.2) is 49.1 Å². The molecule has 0 saturated carbocycles. The van der Waals surface area contributed by atoms with Crippen LogP contribution in [0.3, 0.4) is 0 Å². The minimum Gasteiger partial charge on any atom is -0.369 e. The van der Waals surface area contributed by atoms with E-state index < -0.39 is 21.8 Å². The van der Waals surface area contributed by atoms with E-state index in [2.05, 4.69) is 20.8 Å². The van der Waals surface area contributed by atoms with Gasteiger partial charge in [-0.05, 0) is 25.5 Å². The summed E-state index contributed by atoms with van der Waals surface area (Å²) in [4.78, 5) is 11.8. The second-order valence-corrected chi connectivity index (χ2v) is 6.88. The quantitative estimate of drug-likeness (QED) is 0.758. The van der Waals surface area contributed by atoms with Gasteiger partial charge in [-0.1, -0.05) is 6.92 Å². The number of rotatable bonds is 7. The van der Waals surface area contributed by atoms with E-state index in [9.17, 15) is 13.2 Å². The molecule has 0 fully saturated rings. The Balaban J connectivity index is 2.59. The van der Waals surface area contributed by atoms with Crippen LogP contribution in [-0.2, 0) is 9.84 Å². The lowest BCUT2D eigenvalue weighted by Gasteiger charge is -2.12. The Bertz CT molecular complexity index is 542. The molecule has 1 rings (SSSR count). The maximum absolute atomic E-state index is 11.8. The van der Waals surface area contributed by atoms with Crippen LogP contribution in [0.1, 0.15) is 30.8 Å². The Morgan fingerprint density at radius 2 is 2.05 bits per heavy atom. The highest BCUT2D eigenvalue weighted by atomic mass is 32.2. The number of carbonyl (C=O) groups excluding carboxylic acids is 1. The molecule has 0 spiro atoms. The molecule has 1 unspecified atom stereocenters. The zero-order valence-corrected chi connectivity index (χ0v) is 12.7. The normalized spacial score (nSPS) is 12.8. The van der Waals surface area contributed by atoms with Crippen molar-refractivity contribution in [3.05, 3.63) is 17.8 Å². The number of anilines is 1. The minimum atomic E-state index is -3.13. The molecule has 0 aliphatic heterocycles. The van der Waals surface area contributed by atoms with Crippen LogP contribution in [0, 0.1) is 0 Å². The van der Waals surface area contributed by atoms with E-state index >= 15 is 0 Å². The molecule has 1 atom stereocenters. The van der Waals surface area contributed by atoms with Crippen molar-refractivity contribution in [1.82, 2.24) is 15.5 Å². The van der Waals surface area contributed by atoms with Gasteiger partial charge in [-0.25, -0.2) is 8.42 Å². The fourth-order valence-corrected chi connectivity index (χ4v) is 2.59. The molecule has 2 N–H and O–H groups in total. The van der Waals surface area contributed by atoms with Crippen LogP contribution < -0.4 is 10.6 Å². The molecular weight excluding hydrogens is 280 g/mol. The van der Waals surface area contributed by atoms with E-state index in [1.807, 2.05) is 6.92 Å². The lowest BCUT2D eigenvalue weighted by molar-refractivity contribution is 0.0937. The van der Waals surface area contributed by atoms with Crippen molar-refractivity contribution in [3.63, 3.8) is 0 Å². The van der Waals surface area contributed by atoms with Gasteiger partial charge in [-0.15, -0.1) is 10.2 Å². The Morgan fingerprint density at radius 3 is 2.55 bits per heavy atom. The fourth-order valence-electron chi connectivity index (χ4n) is 1.59. The summed E-state index contributed by atoms with van der Waals surface area (Å²) in [6, 6.07) is 2.74. The Hall–Kier alpha value is -1.70. The average Bonchev–Trinajstić information content (AvgIpc) is 2.34. The third-order valence-electron chi connectivity index (χ3n) is 2.38. The average molecular weight is 300 g/mol. The molecule has 1 heterocycles. The summed E-state index contributed by atoms with van der Waals surface area (Å²) in [5, 5.41) is 13.3. The van der Waals surface area contributed by atoms with Crippen LogP contribution in [0.5, 0.6) is 0 Å². The molecule has 0 radical (unpaired) electrons. The lowest BCUT2D eigenvalue weighted by atomic mass is 10.3. The summed E-state index contributed by atoms with van der Waals surface area (Å²) in [7, 11) is -3.13. The second kappa shape index (κ2) is 7.18. The van der Waals surface area contributed by atoms with Crippen LogP contribution >= 0.6 is 0 Å². The third-order valence-corrected chi connectivity index (χ3v) is 3.49. The molecule has 0 saturated heterocycles. The Morgan fingerprint density at radius 1 is 1.35 bits per heavy atom. The van der Waals surface area contributed by atoms with E-state index in [1.54, 1.807) is 19.1 Å². The van der Waals surface area contributed by atoms with E-state index in [0.29, 0.717) is 5.82 Å². The number of carbonyl (C=O) groups is 1. The summed E-state index contributed by atoms with van der Waals surface area (Å²) in [5.41, 5.74) is 0.160. The van der Waals surface area contributed by atoms with Crippen molar-refractivity contribution in [2.75, 3.05) is 23.9 Å². The van der Waals surface area contributed by atoms with Crippen molar-refractivity contribution in [3.8, 4) is 0 Å².